The Bertz CT molecular complexity index is 535. The van der Waals surface area contributed by atoms with E-state index in [1.54, 1.807) is 38.2 Å². The summed E-state index contributed by atoms with van der Waals surface area (Å²) in [6.45, 7) is 0.540. The van der Waals surface area contributed by atoms with Crippen molar-refractivity contribution in [1.82, 2.24) is 20.4 Å². The molecule has 0 spiro atoms. The number of hydrogen-bond acceptors (Lipinski definition) is 5. The van der Waals surface area contributed by atoms with Gasteiger partial charge in [0.15, 0.2) is 5.69 Å². The highest BCUT2D eigenvalue weighted by atomic mass is 16.2. The van der Waals surface area contributed by atoms with E-state index >= 15 is 0 Å². The predicted octanol–water partition coefficient (Wildman–Crippen LogP) is 0.897. The molecule has 1 aliphatic rings. The second kappa shape index (κ2) is 6.72. The molecule has 7 nitrogen and oxygen atoms in total. The van der Waals surface area contributed by atoms with Crippen LogP contribution in [-0.4, -0.2) is 54.6 Å². The Morgan fingerprint density at radius 2 is 1.91 bits per heavy atom. The number of carbonyl (C=O) groups is 2. The minimum absolute atomic E-state index is 0.160. The maximum atomic E-state index is 12.5. The third kappa shape index (κ3) is 3.35. The van der Waals surface area contributed by atoms with Gasteiger partial charge in [0, 0.05) is 27.7 Å². The molecule has 22 heavy (non-hydrogen) atoms. The largest absolute Gasteiger partial charge is 0.368 e. The van der Waals surface area contributed by atoms with E-state index in [1.165, 1.54) is 0 Å². The van der Waals surface area contributed by atoms with Crippen LogP contribution in [0.15, 0.2) is 12.1 Å². The lowest BCUT2D eigenvalue weighted by Gasteiger charge is -2.30. The van der Waals surface area contributed by atoms with Gasteiger partial charge in [-0.3, -0.25) is 9.59 Å². The average Bonchev–Trinajstić information content (AvgIpc) is 3.02. The van der Waals surface area contributed by atoms with Gasteiger partial charge in [0.05, 0.1) is 5.41 Å². The second-order valence-corrected chi connectivity index (χ2v) is 5.92. The van der Waals surface area contributed by atoms with Crippen LogP contribution < -0.4 is 10.6 Å². The molecule has 0 unspecified atom stereocenters. The minimum Gasteiger partial charge on any atom is -0.368 e. The predicted molar refractivity (Wildman–Crippen MR) is 83.5 cm³/mol. The van der Waals surface area contributed by atoms with Crippen molar-refractivity contribution in [3.05, 3.63) is 17.8 Å². The normalized spacial score (nSPS) is 16.1. The van der Waals surface area contributed by atoms with Gasteiger partial charge in [-0.25, -0.2) is 0 Å². The summed E-state index contributed by atoms with van der Waals surface area (Å²) in [5.74, 6) is 0.465. The molecule has 2 amide bonds. The average molecular weight is 305 g/mol. The molecule has 0 atom stereocenters. The van der Waals surface area contributed by atoms with Crippen LogP contribution in [0.2, 0.25) is 0 Å². The van der Waals surface area contributed by atoms with E-state index in [0.717, 1.165) is 25.7 Å². The van der Waals surface area contributed by atoms with Crippen molar-refractivity contribution in [2.75, 3.05) is 33.0 Å². The first-order chi connectivity index (χ1) is 10.5. The van der Waals surface area contributed by atoms with Crippen LogP contribution in [0, 0.1) is 5.41 Å². The van der Waals surface area contributed by atoms with Gasteiger partial charge in [0.1, 0.15) is 5.82 Å². The van der Waals surface area contributed by atoms with E-state index in [-0.39, 0.29) is 22.9 Å². The molecular weight excluding hydrogens is 282 g/mol. The quantitative estimate of drug-likeness (QED) is 0.844. The van der Waals surface area contributed by atoms with Crippen molar-refractivity contribution in [2.45, 2.75) is 25.7 Å². The summed E-state index contributed by atoms with van der Waals surface area (Å²) in [6.07, 6.45) is 3.92. The standard InChI is InChI=1S/C15H23N5O2/c1-16-13(21)11-6-7-12(19-18-11)17-10-15(8-4-5-9-15)14(22)20(2)3/h6-7H,4-5,8-10H2,1-3H3,(H,16,21)(H,17,19). The summed E-state index contributed by atoms with van der Waals surface area (Å²) in [4.78, 5) is 25.6. The second-order valence-electron chi connectivity index (χ2n) is 5.92. The summed E-state index contributed by atoms with van der Waals surface area (Å²) in [5.41, 5.74) is -0.0852. The lowest BCUT2D eigenvalue weighted by molar-refractivity contribution is -0.138. The van der Waals surface area contributed by atoms with Crippen LogP contribution in [0.1, 0.15) is 36.2 Å². The first kappa shape index (κ1) is 16.2. The molecule has 1 aliphatic carbocycles. The number of amides is 2. The third-order valence-corrected chi connectivity index (χ3v) is 4.15. The summed E-state index contributed by atoms with van der Waals surface area (Å²) < 4.78 is 0. The smallest absolute Gasteiger partial charge is 0.271 e. The summed E-state index contributed by atoms with van der Waals surface area (Å²) in [6, 6.07) is 3.32. The van der Waals surface area contributed by atoms with Gasteiger partial charge in [0.2, 0.25) is 5.91 Å². The molecule has 2 rings (SSSR count). The van der Waals surface area contributed by atoms with Crippen molar-refractivity contribution in [3.63, 3.8) is 0 Å². The molecule has 7 heteroatoms. The molecule has 1 heterocycles. The molecule has 2 N–H and O–H groups in total. The molecule has 1 aromatic heterocycles. The Balaban J connectivity index is 2.04. The number of anilines is 1. The fourth-order valence-electron chi connectivity index (χ4n) is 2.93. The van der Waals surface area contributed by atoms with Crippen LogP contribution >= 0.6 is 0 Å². The van der Waals surface area contributed by atoms with Gasteiger partial charge in [-0.15, -0.1) is 10.2 Å². The number of aromatic nitrogens is 2. The fourth-order valence-corrected chi connectivity index (χ4v) is 2.93. The van der Waals surface area contributed by atoms with Gasteiger partial charge in [-0.2, -0.15) is 0 Å². The first-order valence-corrected chi connectivity index (χ1v) is 7.50. The zero-order valence-corrected chi connectivity index (χ0v) is 13.3. The SMILES string of the molecule is CNC(=O)c1ccc(NCC2(C(=O)N(C)C)CCCC2)nn1. The van der Waals surface area contributed by atoms with Crippen molar-refractivity contribution in [2.24, 2.45) is 5.41 Å². The zero-order valence-electron chi connectivity index (χ0n) is 13.3. The van der Waals surface area contributed by atoms with Crippen LogP contribution in [0.3, 0.4) is 0 Å². The lowest BCUT2D eigenvalue weighted by atomic mass is 9.84. The van der Waals surface area contributed by atoms with Crippen molar-refractivity contribution < 1.29 is 9.59 Å². The molecular formula is C15H23N5O2. The monoisotopic (exact) mass is 305 g/mol. The molecule has 1 saturated carbocycles. The minimum atomic E-state index is -0.357. The van der Waals surface area contributed by atoms with Gasteiger partial charge in [-0.05, 0) is 25.0 Å². The Morgan fingerprint density at radius 3 is 2.41 bits per heavy atom. The van der Waals surface area contributed by atoms with Gasteiger partial charge >= 0.3 is 0 Å². The zero-order chi connectivity index (χ0) is 16.2. The van der Waals surface area contributed by atoms with Crippen LogP contribution in [0.25, 0.3) is 0 Å². The summed E-state index contributed by atoms with van der Waals surface area (Å²) >= 11 is 0. The van der Waals surface area contributed by atoms with E-state index in [9.17, 15) is 9.59 Å². The number of carbonyl (C=O) groups excluding carboxylic acids is 2. The topological polar surface area (TPSA) is 87.2 Å². The number of rotatable bonds is 5. The van der Waals surface area contributed by atoms with Crippen LogP contribution in [0.5, 0.6) is 0 Å². The van der Waals surface area contributed by atoms with E-state index in [1.807, 2.05) is 0 Å². The maximum Gasteiger partial charge on any atom is 0.271 e. The van der Waals surface area contributed by atoms with Crippen molar-refractivity contribution >= 4 is 17.6 Å². The van der Waals surface area contributed by atoms with Crippen molar-refractivity contribution in [3.8, 4) is 0 Å². The molecule has 1 aromatic rings. The molecule has 1 fully saturated rings. The maximum absolute atomic E-state index is 12.5. The molecule has 0 aromatic carbocycles. The molecule has 0 radical (unpaired) electrons. The van der Waals surface area contributed by atoms with E-state index in [4.69, 9.17) is 0 Å². The molecule has 120 valence electrons. The highest BCUT2D eigenvalue weighted by molar-refractivity contribution is 5.91. The highest BCUT2D eigenvalue weighted by Crippen LogP contribution is 2.39. The van der Waals surface area contributed by atoms with Gasteiger partial charge in [0.25, 0.3) is 5.91 Å². The van der Waals surface area contributed by atoms with E-state index in [2.05, 4.69) is 20.8 Å². The number of nitrogens with zero attached hydrogens (tertiary/aromatic N) is 3. The van der Waals surface area contributed by atoms with Gasteiger partial charge in [-0.1, -0.05) is 12.8 Å². The Morgan fingerprint density at radius 1 is 1.23 bits per heavy atom. The molecule has 0 bridgehead atoms. The Labute approximate surface area is 130 Å². The summed E-state index contributed by atoms with van der Waals surface area (Å²) in [7, 11) is 5.13. The Kier molecular flexibility index (Phi) is 4.95. The number of hydrogen-bond donors (Lipinski definition) is 2. The van der Waals surface area contributed by atoms with Crippen LogP contribution in [0.4, 0.5) is 5.82 Å². The first-order valence-electron chi connectivity index (χ1n) is 7.50. The lowest BCUT2D eigenvalue weighted by Crippen LogP contribution is -2.43. The number of nitrogens with one attached hydrogen (secondary N) is 2. The third-order valence-electron chi connectivity index (χ3n) is 4.15. The molecule has 0 saturated heterocycles. The molecule has 0 aliphatic heterocycles. The highest BCUT2D eigenvalue weighted by Gasteiger charge is 2.41. The van der Waals surface area contributed by atoms with E-state index < -0.39 is 0 Å². The van der Waals surface area contributed by atoms with Gasteiger partial charge < -0.3 is 15.5 Å². The summed E-state index contributed by atoms with van der Waals surface area (Å²) in [5, 5.41) is 13.6. The Hall–Kier alpha value is -2.18. The fraction of sp³-hybridized carbons (Fsp3) is 0.600. The van der Waals surface area contributed by atoms with Crippen LogP contribution in [-0.2, 0) is 4.79 Å². The van der Waals surface area contributed by atoms with Crippen molar-refractivity contribution in [1.29, 1.82) is 0 Å². The van der Waals surface area contributed by atoms with E-state index in [0.29, 0.717) is 12.4 Å².